The summed E-state index contributed by atoms with van der Waals surface area (Å²) in [6.45, 7) is 5.77. The van der Waals surface area contributed by atoms with Crippen LogP contribution in [0.3, 0.4) is 0 Å². The number of aryl methyl sites for hydroxylation is 3. The van der Waals surface area contributed by atoms with Gasteiger partial charge in [0.05, 0.1) is 17.2 Å². The highest BCUT2D eigenvalue weighted by atomic mass is 35.5. The molecule has 0 saturated heterocycles. The van der Waals surface area contributed by atoms with Crippen molar-refractivity contribution in [1.82, 2.24) is 0 Å². The van der Waals surface area contributed by atoms with Gasteiger partial charge in [-0.3, -0.25) is 9.52 Å². The number of benzene rings is 2. The first-order chi connectivity index (χ1) is 16.6. The molecule has 3 aromatic rings. The van der Waals surface area contributed by atoms with E-state index in [0.717, 1.165) is 40.8 Å². The summed E-state index contributed by atoms with van der Waals surface area (Å²) < 4.78 is 33.9. The van der Waals surface area contributed by atoms with Gasteiger partial charge in [-0.1, -0.05) is 17.7 Å². The molecule has 1 aromatic heterocycles. The second-order valence-corrected chi connectivity index (χ2v) is 11.4. The van der Waals surface area contributed by atoms with Crippen molar-refractivity contribution in [3.05, 3.63) is 74.1 Å². The van der Waals surface area contributed by atoms with E-state index in [1.807, 2.05) is 19.9 Å². The van der Waals surface area contributed by atoms with Crippen LogP contribution in [0.2, 0.25) is 5.02 Å². The van der Waals surface area contributed by atoms with Crippen LogP contribution in [-0.4, -0.2) is 26.9 Å². The predicted molar refractivity (Wildman–Crippen MR) is 138 cm³/mol. The fraction of sp³-hybridized carbons (Fsp3) is 0.280. The highest BCUT2D eigenvalue weighted by molar-refractivity contribution is 7.92. The lowest BCUT2D eigenvalue weighted by Gasteiger charge is -2.13. The number of amides is 1. The van der Waals surface area contributed by atoms with Gasteiger partial charge >= 0.3 is 5.97 Å². The first-order valence-electron chi connectivity index (χ1n) is 11.1. The number of rotatable bonds is 7. The fourth-order valence-corrected chi connectivity index (χ4v) is 6.80. The van der Waals surface area contributed by atoms with Gasteiger partial charge in [0, 0.05) is 16.1 Å². The van der Waals surface area contributed by atoms with E-state index in [9.17, 15) is 18.0 Å². The van der Waals surface area contributed by atoms with Gasteiger partial charge in [0.25, 0.3) is 15.9 Å². The van der Waals surface area contributed by atoms with Gasteiger partial charge in [-0.15, -0.1) is 11.3 Å². The van der Waals surface area contributed by atoms with E-state index in [0.29, 0.717) is 16.3 Å². The van der Waals surface area contributed by atoms with Crippen LogP contribution in [0.5, 0.6) is 0 Å². The van der Waals surface area contributed by atoms with Crippen LogP contribution in [0.15, 0.2) is 41.3 Å². The van der Waals surface area contributed by atoms with Crippen molar-refractivity contribution in [1.29, 1.82) is 0 Å². The molecule has 1 amide bonds. The van der Waals surface area contributed by atoms with Gasteiger partial charge in [0.15, 0.2) is 0 Å². The monoisotopic (exact) mass is 532 g/mol. The molecule has 35 heavy (non-hydrogen) atoms. The van der Waals surface area contributed by atoms with E-state index >= 15 is 0 Å². The van der Waals surface area contributed by atoms with Crippen molar-refractivity contribution >= 4 is 55.5 Å². The molecule has 4 rings (SSSR count). The van der Waals surface area contributed by atoms with E-state index in [1.165, 1.54) is 29.5 Å². The number of thiophene rings is 1. The molecule has 0 saturated carbocycles. The number of fused-ring (bicyclic) bond motifs is 1. The largest absolute Gasteiger partial charge is 0.462 e. The van der Waals surface area contributed by atoms with E-state index in [4.69, 9.17) is 16.3 Å². The smallest absolute Gasteiger partial charge is 0.341 e. The Morgan fingerprint density at radius 2 is 1.86 bits per heavy atom. The molecule has 1 heterocycles. The molecule has 2 aromatic carbocycles. The Morgan fingerprint density at radius 3 is 2.57 bits per heavy atom. The summed E-state index contributed by atoms with van der Waals surface area (Å²) in [5.74, 6) is -1.02. The van der Waals surface area contributed by atoms with Gasteiger partial charge in [0.1, 0.15) is 9.90 Å². The Balaban J connectivity index is 1.62. The Hall–Kier alpha value is -2.88. The van der Waals surface area contributed by atoms with Crippen LogP contribution in [0.4, 0.5) is 10.7 Å². The van der Waals surface area contributed by atoms with E-state index < -0.39 is 21.9 Å². The second-order valence-electron chi connectivity index (χ2n) is 8.29. The molecule has 0 unspecified atom stereocenters. The molecule has 1 aliphatic rings. The summed E-state index contributed by atoms with van der Waals surface area (Å²) in [6.07, 6.45) is 2.55. The maximum atomic E-state index is 13.1. The molecule has 0 bridgehead atoms. The first-order valence-corrected chi connectivity index (χ1v) is 13.8. The summed E-state index contributed by atoms with van der Waals surface area (Å²) in [5.41, 5.74) is 3.76. The number of carbonyl (C=O) groups is 2. The molecule has 184 valence electrons. The number of hydrogen-bond acceptors (Lipinski definition) is 6. The molecule has 2 N–H and O–H groups in total. The molecule has 10 heteroatoms. The number of ether oxygens (including phenoxy) is 1. The quantitative estimate of drug-likeness (QED) is 0.378. The number of carbonyl (C=O) groups excluding carboxylic acids is 2. The average molecular weight is 533 g/mol. The fourth-order valence-electron chi connectivity index (χ4n) is 3.95. The van der Waals surface area contributed by atoms with Crippen molar-refractivity contribution in [2.75, 3.05) is 16.6 Å². The van der Waals surface area contributed by atoms with Crippen LogP contribution < -0.4 is 10.0 Å². The van der Waals surface area contributed by atoms with Crippen molar-refractivity contribution in [2.45, 2.75) is 44.9 Å². The topological polar surface area (TPSA) is 102 Å². The van der Waals surface area contributed by atoms with Crippen LogP contribution >= 0.6 is 22.9 Å². The molecular weight excluding hydrogens is 508 g/mol. The second kappa shape index (κ2) is 10.0. The zero-order valence-electron chi connectivity index (χ0n) is 19.5. The highest BCUT2D eigenvalue weighted by Crippen LogP contribution is 2.40. The summed E-state index contributed by atoms with van der Waals surface area (Å²) in [7, 11) is -4.06. The van der Waals surface area contributed by atoms with Crippen LogP contribution in [0, 0.1) is 13.8 Å². The van der Waals surface area contributed by atoms with Gasteiger partial charge in [-0.25, -0.2) is 13.2 Å². The molecule has 0 fully saturated rings. The normalized spacial score (nSPS) is 12.8. The molecular formula is C25H25ClN2O5S2. The lowest BCUT2D eigenvalue weighted by molar-refractivity contribution is 0.0527. The Labute approximate surface area is 213 Å². The first kappa shape index (κ1) is 25.2. The average Bonchev–Trinajstić information content (AvgIpc) is 3.37. The number of hydrogen-bond donors (Lipinski definition) is 2. The van der Waals surface area contributed by atoms with Gasteiger partial charge in [-0.2, -0.15) is 0 Å². The molecule has 1 aliphatic carbocycles. The summed E-state index contributed by atoms with van der Waals surface area (Å²) in [4.78, 5) is 26.5. The minimum absolute atomic E-state index is 0.0137. The van der Waals surface area contributed by atoms with Crippen molar-refractivity contribution in [3.63, 3.8) is 0 Å². The number of halogens is 1. The summed E-state index contributed by atoms with van der Waals surface area (Å²) in [5, 5.41) is 3.17. The lowest BCUT2D eigenvalue weighted by atomic mass is 10.1. The van der Waals surface area contributed by atoms with E-state index in [2.05, 4.69) is 10.0 Å². The van der Waals surface area contributed by atoms with Gasteiger partial charge < -0.3 is 10.1 Å². The standard InChI is InChI=1S/C25H25ClN2O5S2/c1-4-33-25(30)22-18-6-5-7-20(18)34-24(22)27-23(29)16-9-11-19(26)21(13-16)35(31,32)28-17-10-8-14(2)15(3)12-17/h8-13,28H,4-7H2,1-3H3,(H,27,29). The maximum Gasteiger partial charge on any atom is 0.341 e. The zero-order chi connectivity index (χ0) is 25.3. The highest BCUT2D eigenvalue weighted by Gasteiger charge is 2.29. The van der Waals surface area contributed by atoms with Crippen LogP contribution in [0.1, 0.15) is 55.6 Å². The van der Waals surface area contributed by atoms with E-state index in [1.54, 1.807) is 19.1 Å². The number of anilines is 2. The molecule has 7 nitrogen and oxygen atoms in total. The third-order valence-corrected chi connectivity index (χ3v) is 8.94. The van der Waals surface area contributed by atoms with Crippen LogP contribution in [-0.2, 0) is 27.6 Å². The number of nitrogens with one attached hydrogen (secondary N) is 2. The molecule has 0 atom stereocenters. The molecule has 0 radical (unpaired) electrons. The van der Waals surface area contributed by atoms with Gasteiger partial charge in [0.2, 0.25) is 0 Å². The number of sulfonamides is 1. The van der Waals surface area contributed by atoms with Crippen LogP contribution in [0.25, 0.3) is 0 Å². The lowest BCUT2D eigenvalue weighted by Crippen LogP contribution is -2.17. The SMILES string of the molecule is CCOC(=O)c1c(NC(=O)c2ccc(Cl)c(S(=O)(=O)Nc3ccc(C)c(C)c3)c2)sc2c1CCC2. The molecule has 0 spiro atoms. The van der Waals surface area contributed by atoms with Gasteiger partial charge in [-0.05, 0) is 87.1 Å². The predicted octanol–water partition coefficient (Wildman–Crippen LogP) is 5.74. The number of esters is 1. The third-order valence-electron chi connectivity index (χ3n) is 5.87. The summed E-state index contributed by atoms with van der Waals surface area (Å²) in [6, 6.07) is 9.25. The van der Waals surface area contributed by atoms with E-state index in [-0.39, 0.29) is 22.1 Å². The Bertz CT molecular complexity index is 1430. The maximum absolute atomic E-state index is 13.1. The van der Waals surface area contributed by atoms with Crippen molar-refractivity contribution < 1.29 is 22.7 Å². The Kier molecular flexibility index (Phi) is 7.21. The third kappa shape index (κ3) is 5.22. The van der Waals surface area contributed by atoms with Crippen molar-refractivity contribution in [3.8, 4) is 0 Å². The Morgan fingerprint density at radius 1 is 1.09 bits per heavy atom. The summed E-state index contributed by atoms with van der Waals surface area (Å²) >= 11 is 7.56. The molecule has 0 aliphatic heterocycles. The minimum Gasteiger partial charge on any atom is -0.462 e. The van der Waals surface area contributed by atoms with Crippen molar-refractivity contribution in [2.24, 2.45) is 0 Å². The minimum atomic E-state index is -4.06. The zero-order valence-corrected chi connectivity index (χ0v) is 21.9.